The van der Waals surface area contributed by atoms with E-state index in [-0.39, 0.29) is 0 Å². The smallest absolute Gasteiger partial charge is 0.0650 e. The molecule has 0 aromatic rings. The van der Waals surface area contributed by atoms with Gasteiger partial charge in [-0.05, 0) is 37.5 Å². The van der Waals surface area contributed by atoms with Gasteiger partial charge in [0.1, 0.15) is 0 Å². The van der Waals surface area contributed by atoms with Crippen molar-refractivity contribution in [3.8, 4) is 0 Å². The van der Waals surface area contributed by atoms with Crippen LogP contribution < -0.4 is 5.32 Å². The Hall–Kier alpha value is 0.310. The van der Waals surface area contributed by atoms with Crippen molar-refractivity contribution in [3.63, 3.8) is 0 Å². The Morgan fingerprint density at radius 3 is 2.80 bits per heavy atom. The van der Waals surface area contributed by atoms with Crippen LogP contribution in [-0.4, -0.2) is 17.2 Å². The van der Waals surface area contributed by atoms with E-state index in [1.54, 1.807) is 0 Å². The highest BCUT2D eigenvalue weighted by atomic mass is 32.2. The fourth-order valence-electron chi connectivity index (χ4n) is 2.04. The lowest BCUT2D eigenvalue weighted by atomic mass is 9.81. The Morgan fingerprint density at radius 2 is 2.30 bits per heavy atom. The molecule has 2 fully saturated rings. The monoisotopic (exact) mass is 157 g/mol. The van der Waals surface area contributed by atoms with E-state index in [2.05, 4.69) is 24.0 Å². The fourth-order valence-corrected chi connectivity index (χ4v) is 3.72. The molecule has 0 atom stereocenters. The molecule has 0 radical (unpaired) electrons. The molecule has 1 aliphatic carbocycles. The van der Waals surface area contributed by atoms with Crippen molar-refractivity contribution in [3.05, 3.63) is 0 Å². The maximum Gasteiger partial charge on any atom is 0.0650 e. The van der Waals surface area contributed by atoms with Crippen LogP contribution in [0, 0.1) is 5.92 Å². The first-order valence-electron chi connectivity index (χ1n) is 4.20. The molecule has 1 nitrogen and oxygen atoms in total. The Balaban J connectivity index is 1.90. The summed E-state index contributed by atoms with van der Waals surface area (Å²) >= 11 is 2.14. The van der Waals surface area contributed by atoms with Crippen molar-refractivity contribution in [1.82, 2.24) is 5.32 Å². The zero-order valence-corrected chi connectivity index (χ0v) is 7.34. The second-order valence-corrected chi connectivity index (χ2v) is 5.11. The summed E-state index contributed by atoms with van der Waals surface area (Å²) in [5, 5.41) is 3.63. The van der Waals surface area contributed by atoms with Gasteiger partial charge in [0.2, 0.25) is 0 Å². The standard InChI is InChI=1S/C8H15NS/c1-7-5-8(6-7)9-3-2-4-10-8/h7,9H,2-6H2,1H3. The molecule has 1 aliphatic heterocycles. The van der Waals surface area contributed by atoms with Crippen LogP contribution in [0.2, 0.25) is 0 Å². The molecule has 1 spiro atoms. The highest BCUT2D eigenvalue weighted by molar-refractivity contribution is 8.00. The molecule has 10 heavy (non-hydrogen) atoms. The van der Waals surface area contributed by atoms with Gasteiger partial charge in [-0.15, -0.1) is 11.8 Å². The summed E-state index contributed by atoms with van der Waals surface area (Å²) in [5.41, 5.74) is 0. The maximum absolute atomic E-state index is 3.63. The third kappa shape index (κ3) is 1.08. The van der Waals surface area contributed by atoms with Gasteiger partial charge in [-0.2, -0.15) is 0 Å². The predicted molar refractivity (Wildman–Crippen MR) is 46.2 cm³/mol. The lowest BCUT2D eigenvalue weighted by Crippen LogP contribution is -2.54. The van der Waals surface area contributed by atoms with Crippen LogP contribution in [0.3, 0.4) is 0 Å². The average molecular weight is 157 g/mol. The van der Waals surface area contributed by atoms with Gasteiger partial charge in [0.05, 0.1) is 4.87 Å². The van der Waals surface area contributed by atoms with Gasteiger partial charge in [0, 0.05) is 0 Å². The van der Waals surface area contributed by atoms with Gasteiger partial charge in [-0.1, -0.05) is 6.92 Å². The van der Waals surface area contributed by atoms with Crippen molar-refractivity contribution in [1.29, 1.82) is 0 Å². The van der Waals surface area contributed by atoms with Crippen molar-refractivity contribution in [2.75, 3.05) is 12.3 Å². The van der Waals surface area contributed by atoms with Crippen LogP contribution in [0.1, 0.15) is 26.2 Å². The first-order valence-corrected chi connectivity index (χ1v) is 5.18. The molecule has 2 aliphatic rings. The molecule has 1 saturated carbocycles. The summed E-state index contributed by atoms with van der Waals surface area (Å²) in [6.07, 6.45) is 4.16. The summed E-state index contributed by atoms with van der Waals surface area (Å²) in [6.45, 7) is 3.60. The van der Waals surface area contributed by atoms with Gasteiger partial charge in [0.15, 0.2) is 0 Å². The Morgan fingerprint density at radius 1 is 1.50 bits per heavy atom. The van der Waals surface area contributed by atoms with E-state index in [1.165, 1.54) is 31.6 Å². The maximum atomic E-state index is 3.63. The van der Waals surface area contributed by atoms with Crippen molar-refractivity contribution in [2.45, 2.75) is 31.1 Å². The van der Waals surface area contributed by atoms with Crippen LogP contribution in [0.15, 0.2) is 0 Å². The zero-order valence-electron chi connectivity index (χ0n) is 6.52. The highest BCUT2D eigenvalue weighted by Gasteiger charge is 2.42. The molecule has 2 heteroatoms. The lowest BCUT2D eigenvalue weighted by Gasteiger charge is -2.49. The van der Waals surface area contributed by atoms with E-state index < -0.39 is 0 Å². The van der Waals surface area contributed by atoms with E-state index in [0.29, 0.717) is 4.87 Å². The molecule has 58 valence electrons. The van der Waals surface area contributed by atoms with Gasteiger partial charge in [-0.3, -0.25) is 0 Å². The average Bonchev–Trinajstić information content (AvgIpc) is 1.87. The highest BCUT2D eigenvalue weighted by Crippen LogP contribution is 2.47. The van der Waals surface area contributed by atoms with E-state index in [0.717, 1.165) is 5.92 Å². The quantitative estimate of drug-likeness (QED) is 0.576. The first kappa shape index (κ1) is 6.99. The summed E-state index contributed by atoms with van der Waals surface area (Å²) < 4.78 is 0. The van der Waals surface area contributed by atoms with Crippen molar-refractivity contribution < 1.29 is 0 Å². The number of nitrogens with one attached hydrogen (secondary N) is 1. The molecule has 0 unspecified atom stereocenters. The summed E-state index contributed by atoms with van der Waals surface area (Å²) in [5.74, 6) is 2.35. The van der Waals surface area contributed by atoms with Crippen LogP contribution in [0.25, 0.3) is 0 Å². The van der Waals surface area contributed by atoms with E-state index in [4.69, 9.17) is 0 Å². The third-order valence-electron chi connectivity index (χ3n) is 2.50. The number of thioether (sulfide) groups is 1. The van der Waals surface area contributed by atoms with Gasteiger partial charge in [0.25, 0.3) is 0 Å². The molecule has 2 rings (SSSR count). The second kappa shape index (κ2) is 2.42. The topological polar surface area (TPSA) is 12.0 Å². The molecular formula is C8H15NS. The first-order chi connectivity index (χ1) is 4.81. The largest absolute Gasteiger partial charge is 0.303 e. The molecule has 1 heterocycles. The Bertz CT molecular complexity index is 114. The minimum atomic E-state index is 0.539. The molecule has 0 aromatic heterocycles. The SMILES string of the molecule is CC1CC2(C1)NCCCS2. The van der Waals surface area contributed by atoms with Crippen LogP contribution >= 0.6 is 11.8 Å². The van der Waals surface area contributed by atoms with Crippen LogP contribution in [-0.2, 0) is 0 Å². The number of hydrogen-bond acceptors (Lipinski definition) is 2. The van der Waals surface area contributed by atoms with Gasteiger partial charge >= 0.3 is 0 Å². The summed E-state index contributed by atoms with van der Waals surface area (Å²) in [6, 6.07) is 0. The Kier molecular flexibility index (Phi) is 1.69. The minimum absolute atomic E-state index is 0.539. The number of rotatable bonds is 0. The van der Waals surface area contributed by atoms with Crippen LogP contribution in [0.5, 0.6) is 0 Å². The molecule has 1 N–H and O–H groups in total. The number of hydrogen-bond donors (Lipinski definition) is 1. The molecule has 0 bridgehead atoms. The molecule has 1 saturated heterocycles. The van der Waals surface area contributed by atoms with Crippen molar-refractivity contribution >= 4 is 11.8 Å². The normalized spacial score (nSPS) is 47.1. The fraction of sp³-hybridized carbons (Fsp3) is 1.00. The van der Waals surface area contributed by atoms with Gasteiger partial charge in [-0.25, -0.2) is 0 Å². The van der Waals surface area contributed by atoms with E-state index in [9.17, 15) is 0 Å². The molecule has 0 aromatic carbocycles. The molecule has 0 amide bonds. The third-order valence-corrected chi connectivity index (χ3v) is 4.03. The predicted octanol–water partition coefficient (Wildman–Crippen LogP) is 1.84. The zero-order chi connectivity index (χ0) is 7.03. The Labute approximate surface area is 67.0 Å². The van der Waals surface area contributed by atoms with Crippen molar-refractivity contribution in [2.24, 2.45) is 5.92 Å². The lowest BCUT2D eigenvalue weighted by molar-refractivity contribution is 0.204. The van der Waals surface area contributed by atoms with Gasteiger partial charge < -0.3 is 5.32 Å². The van der Waals surface area contributed by atoms with E-state index in [1.807, 2.05) is 0 Å². The van der Waals surface area contributed by atoms with Crippen LogP contribution in [0.4, 0.5) is 0 Å². The molecular weight excluding hydrogens is 142 g/mol. The summed E-state index contributed by atoms with van der Waals surface area (Å²) in [4.78, 5) is 0.539. The minimum Gasteiger partial charge on any atom is -0.303 e. The summed E-state index contributed by atoms with van der Waals surface area (Å²) in [7, 11) is 0. The second-order valence-electron chi connectivity index (χ2n) is 3.64. The van der Waals surface area contributed by atoms with E-state index >= 15 is 0 Å².